The van der Waals surface area contributed by atoms with Crippen molar-refractivity contribution < 1.29 is 4.39 Å². The molecule has 102 valence electrons. The van der Waals surface area contributed by atoms with Crippen LogP contribution in [0.25, 0.3) is 21.6 Å². The van der Waals surface area contributed by atoms with Crippen molar-refractivity contribution in [3.8, 4) is 11.3 Å². The van der Waals surface area contributed by atoms with Crippen LogP contribution in [-0.4, -0.2) is 21.7 Å². The van der Waals surface area contributed by atoms with Crippen LogP contribution in [0.2, 0.25) is 0 Å². The lowest BCUT2D eigenvalue weighted by Crippen LogP contribution is -1.98. The van der Waals surface area contributed by atoms with Gasteiger partial charge in [0.05, 0.1) is 10.4 Å². The third-order valence-corrected chi connectivity index (χ3v) is 3.77. The maximum absolute atomic E-state index is 12.9. The van der Waals surface area contributed by atoms with Crippen molar-refractivity contribution in [3.63, 3.8) is 0 Å². The summed E-state index contributed by atoms with van der Waals surface area (Å²) in [5.74, 6) is -0.258. The van der Waals surface area contributed by atoms with Crippen LogP contribution in [0.5, 0.6) is 0 Å². The van der Waals surface area contributed by atoms with Crippen molar-refractivity contribution in [1.82, 2.24) is 15.2 Å². The number of nitrogens with one attached hydrogen (secondary N) is 1. The van der Waals surface area contributed by atoms with Crippen LogP contribution in [0.4, 0.5) is 9.52 Å². The fourth-order valence-corrected chi connectivity index (χ4v) is 2.68. The lowest BCUT2D eigenvalue weighted by atomic mass is 10.1. The number of thiazole rings is 1. The second-order valence-electron chi connectivity index (χ2n) is 4.37. The zero-order valence-electron chi connectivity index (χ0n) is 10.9. The highest BCUT2D eigenvalue weighted by Crippen LogP contribution is 2.27. The summed E-state index contributed by atoms with van der Waals surface area (Å²) in [4.78, 5) is 4.37. The van der Waals surface area contributed by atoms with E-state index in [-0.39, 0.29) is 5.82 Å². The lowest BCUT2D eigenvalue weighted by Gasteiger charge is -1.98. The molecule has 0 radical (unpaired) electrons. The Kier molecular flexibility index (Phi) is 3.56. The van der Waals surface area contributed by atoms with E-state index in [1.165, 1.54) is 12.1 Å². The Morgan fingerprint density at radius 1 is 1.20 bits per heavy atom. The Morgan fingerprint density at radius 2 is 2.00 bits per heavy atom. The van der Waals surface area contributed by atoms with Gasteiger partial charge in [0.25, 0.3) is 0 Å². The Labute approximate surface area is 119 Å². The first-order chi connectivity index (χ1) is 9.76. The van der Waals surface area contributed by atoms with Gasteiger partial charge in [-0.05, 0) is 36.8 Å². The van der Waals surface area contributed by atoms with Gasteiger partial charge in [0.15, 0.2) is 10.8 Å². The maximum atomic E-state index is 12.9. The molecule has 0 aliphatic carbocycles. The molecule has 0 bridgehead atoms. The van der Waals surface area contributed by atoms with Gasteiger partial charge >= 0.3 is 0 Å². The van der Waals surface area contributed by atoms with Gasteiger partial charge in [0.1, 0.15) is 5.82 Å². The summed E-state index contributed by atoms with van der Waals surface area (Å²) in [5, 5.41) is 12.4. The highest BCUT2D eigenvalue weighted by Gasteiger charge is 2.08. The van der Waals surface area contributed by atoms with Crippen LogP contribution in [0.1, 0.15) is 13.3 Å². The van der Waals surface area contributed by atoms with Gasteiger partial charge in [-0.25, -0.2) is 4.39 Å². The first-order valence-electron chi connectivity index (χ1n) is 6.40. The largest absolute Gasteiger partial charge is 0.361 e. The molecule has 1 aromatic carbocycles. The first-order valence-corrected chi connectivity index (χ1v) is 7.22. The van der Waals surface area contributed by atoms with Crippen molar-refractivity contribution in [2.24, 2.45) is 0 Å². The van der Waals surface area contributed by atoms with E-state index < -0.39 is 0 Å². The van der Waals surface area contributed by atoms with Crippen LogP contribution < -0.4 is 5.32 Å². The summed E-state index contributed by atoms with van der Waals surface area (Å²) in [7, 11) is 0. The van der Waals surface area contributed by atoms with Crippen molar-refractivity contribution in [3.05, 3.63) is 36.1 Å². The molecule has 4 nitrogen and oxygen atoms in total. The maximum Gasteiger partial charge on any atom is 0.194 e. The molecular formula is C14H13FN4S. The van der Waals surface area contributed by atoms with E-state index >= 15 is 0 Å². The van der Waals surface area contributed by atoms with E-state index in [0.29, 0.717) is 5.65 Å². The fraction of sp³-hybridized carbons (Fsp3) is 0.214. The molecule has 2 aromatic heterocycles. The Bertz CT molecular complexity index is 724. The molecule has 0 saturated carbocycles. The molecular weight excluding hydrogens is 275 g/mol. The molecule has 0 aliphatic heterocycles. The van der Waals surface area contributed by atoms with Gasteiger partial charge in [0, 0.05) is 12.1 Å². The van der Waals surface area contributed by atoms with Crippen molar-refractivity contribution in [2.75, 3.05) is 11.9 Å². The summed E-state index contributed by atoms with van der Waals surface area (Å²) < 4.78 is 13.9. The molecule has 6 heteroatoms. The quantitative estimate of drug-likeness (QED) is 0.795. The number of fused-ring (bicyclic) bond motifs is 1. The number of nitrogens with zero attached hydrogens (tertiary/aromatic N) is 3. The van der Waals surface area contributed by atoms with Gasteiger partial charge in [0.2, 0.25) is 0 Å². The van der Waals surface area contributed by atoms with Crippen LogP contribution in [0.15, 0.2) is 30.3 Å². The summed E-state index contributed by atoms with van der Waals surface area (Å²) in [6.07, 6.45) is 1.04. The minimum absolute atomic E-state index is 0.258. The summed E-state index contributed by atoms with van der Waals surface area (Å²) >= 11 is 1.55. The molecule has 3 aromatic rings. The molecule has 0 amide bonds. The predicted molar refractivity (Wildman–Crippen MR) is 79.4 cm³/mol. The van der Waals surface area contributed by atoms with E-state index in [2.05, 4.69) is 27.4 Å². The third-order valence-electron chi connectivity index (χ3n) is 2.82. The molecule has 0 spiro atoms. The van der Waals surface area contributed by atoms with Crippen LogP contribution in [-0.2, 0) is 0 Å². The number of halogens is 1. The van der Waals surface area contributed by atoms with Gasteiger partial charge in [-0.2, -0.15) is 4.98 Å². The smallest absolute Gasteiger partial charge is 0.194 e. The van der Waals surface area contributed by atoms with Gasteiger partial charge < -0.3 is 5.32 Å². The molecule has 3 rings (SSSR count). The molecule has 0 unspecified atom stereocenters. The van der Waals surface area contributed by atoms with E-state index in [9.17, 15) is 4.39 Å². The van der Waals surface area contributed by atoms with Gasteiger partial charge in [-0.1, -0.05) is 18.3 Å². The standard InChI is InChI=1S/C14H13FN4S/c1-2-7-16-14-17-13-12(20-14)8-11(18-19-13)9-3-5-10(15)6-4-9/h3-6,8H,2,7H2,1H3,(H,16,17,19). The normalized spacial score (nSPS) is 10.9. The predicted octanol–water partition coefficient (Wildman–Crippen LogP) is 3.71. The number of hydrogen-bond acceptors (Lipinski definition) is 5. The molecule has 20 heavy (non-hydrogen) atoms. The second kappa shape index (κ2) is 5.50. The highest BCUT2D eigenvalue weighted by molar-refractivity contribution is 7.22. The highest BCUT2D eigenvalue weighted by atomic mass is 32.1. The molecule has 0 saturated heterocycles. The number of anilines is 1. The monoisotopic (exact) mass is 288 g/mol. The van der Waals surface area contributed by atoms with Crippen molar-refractivity contribution >= 4 is 26.8 Å². The van der Waals surface area contributed by atoms with E-state index in [1.807, 2.05) is 6.07 Å². The minimum Gasteiger partial charge on any atom is -0.361 e. The Hall–Kier alpha value is -2.08. The van der Waals surface area contributed by atoms with Gasteiger partial charge in [-0.15, -0.1) is 10.2 Å². The van der Waals surface area contributed by atoms with E-state index in [4.69, 9.17) is 0 Å². The number of aromatic nitrogens is 3. The zero-order chi connectivity index (χ0) is 13.9. The second-order valence-corrected chi connectivity index (χ2v) is 5.40. The van der Waals surface area contributed by atoms with Crippen LogP contribution >= 0.6 is 11.3 Å². The van der Waals surface area contributed by atoms with Crippen LogP contribution in [0, 0.1) is 5.82 Å². The first kappa shape index (κ1) is 12.9. The third kappa shape index (κ3) is 2.60. The van der Waals surface area contributed by atoms with Gasteiger partial charge in [-0.3, -0.25) is 0 Å². The Balaban J connectivity index is 1.95. The average molecular weight is 288 g/mol. The molecule has 0 aliphatic rings. The number of hydrogen-bond donors (Lipinski definition) is 1. The average Bonchev–Trinajstić information content (AvgIpc) is 2.87. The van der Waals surface area contributed by atoms with E-state index in [0.717, 1.165) is 34.1 Å². The fourth-order valence-electron chi connectivity index (χ4n) is 1.81. The summed E-state index contributed by atoms with van der Waals surface area (Å²) in [6.45, 7) is 2.99. The summed E-state index contributed by atoms with van der Waals surface area (Å²) in [6, 6.07) is 8.17. The topological polar surface area (TPSA) is 50.7 Å². The molecule has 0 fully saturated rings. The Morgan fingerprint density at radius 3 is 2.75 bits per heavy atom. The molecule has 1 N–H and O–H groups in total. The van der Waals surface area contributed by atoms with Crippen molar-refractivity contribution in [1.29, 1.82) is 0 Å². The van der Waals surface area contributed by atoms with Crippen molar-refractivity contribution in [2.45, 2.75) is 13.3 Å². The lowest BCUT2D eigenvalue weighted by molar-refractivity contribution is 0.628. The minimum atomic E-state index is -0.258. The summed E-state index contributed by atoms with van der Waals surface area (Å²) in [5.41, 5.74) is 2.21. The molecule has 2 heterocycles. The van der Waals surface area contributed by atoms with Crippen LogP contribution in [0.3, 0.4) is 0 Å². The SMILES string of the molecule is CCCNc1nc2nnc(-c3ccc(F)cc3)cc2s1. The number of benzene rings is 1. The zero-order valence-corrected chi connectivity index (χ0v) is 11.7. The molecule has 0 atom stereocenters. The number of rotatable bonds is 4. The van der Waals surface area contributed by atoms with E-state index in [1.54, 1.807) is 23.5 Å².